The Balaban J connectivity index is 2.07. The molecule has 0 spiro atoms. The SMILES string of the molecule is NCC1(NC(=O)c2ccc(O)cc2)CCCCC1. The van der Waals surface area contributed by atoms with Crippen molar-refractivity contribution in [1.82, 2.24) is 5.32 Å². The van der Waals surface area contributed by atoms with Crippen LogP contribution in [0.1, 0.15) is 42.5 Å². The first-order chi connectivity index (χ1) is 8.65. The van der Waals surface area contributed by atoms with Gasteiger partial charge in [0.05, 0.1) is 5.54 Å². The molecule has 0 atom stereocenters. The van der Waals surface area contributed by atoms with Crippen LogP contribution in [0.15, 0.2) is 24.3 Å². The standard InChI is InChI=1S/C14H20N2O2/c15-10-14(8-2-1-3-9-14)16-13(18)11-4-6-12(17)7-5-11/h4-7,17H,1-3,8-10,15H2,(H,16,18). The number of nitrogens with two attached hydrogens (primary N) is 1. The molecule has 0 unspecified atom stereocenters. The molecule has 4 heteroatoms. The molecule has 4 nitrogen and oxygen atoms in total. The lowest BCUT2D eigenvalue weighted by molar-refractivity contribution is 0.0874. The zero-order chi connectivity index (χ0) is 13.0. The molecule has 0 aliphatic heterocycles. The number of benzene rings is 1. The van der Waals surface area contributed by atoms with Crippen LogP contribution in [0.5, 0.6) is 5.75 Å². The van der Waals surface area contributed by atoms with Crippen molar-refractivity contribution in [3.05, 3.63) is 29.8 Å². The molecule has 1 aliphatic carbocycles. The Morgan fingerprint density at radius 2 is 1.83 bits per heavy atom. The molecule has 4 N–H and O–H groups in total. The predicted molar refractivity (Wildman–Crippen MR) is 70.4 cm³/mol. The Morgan fingerprint density at radius 3 is 2.39 bits per heavy atom. The maximum absolute atomic E-state index is 12.1. The van der Waals surface area contributed by atoms with Gasteiger partial charge in [0.2, 0.25) is 0 Å². The largest absolute Gasteiger partial charge is 0.508 e. The average molecular weight is 248 g/mol. The van der Waals surface area contributed by atoms with E-state index in [0.29, 0.717) is 12.1 Å². The van der Waals surface area contributed by atoms with E-state index < -0.39 is 0 Å². The van der Waals surface area contributed by atoms with Gasteiger partial charge in [0.1, 0.15) is 5.75 Å². The van der Waals surface area contributed by atoms with Crippen molar-refractivity contribution in [2.75, 3.05) is 6.54 Å². The maximum Gasteiger partial charge on any atom is 0.251 e. The van der Waals surface area contributed by atoms with E-state index in [2.05, 4.69) is 5.32 Å². The van der Waals surface area contributed by atoms with Crippen molar-refractivity contribution in [2.24, 2.45) is 5.73 Å². The lowest BCUT2D eigenvalue weighted by Crippen LogP contribution is -2.54. The van der Waals surface area contributed by atoms with Gasteiger partial charge in [-0.15, -0.1) is 0 Å². The van der Waals surface area contributed by atoms with E-state index in [1.165, 1.54) is 18.6 Å². The van der Waals surface area contributed by atoms with Gasteiger partial charge < -0.3 is 16.2 Å². The highest BCUT2D eigenvalue weighted by molar-refractivity contribution is 5.94. The van der Waals surface area contributed by atoms with Gasteiger partial charge >= 0.3 is 0 Å². The van der Waals surface area contributed by atoms with Crippen molar-refractivity contribution in [3.63, 3.8) is 0 Å². The van der Waals surface area contributed by atoms with Gasteiger partial charge in [-0.05, 0) is 37.1 Å². The third-order valence-corrected chi connectivity index (χ3v) is 3.71. The van der Waals surface area contributed by atoms with Crippen LogP contribution in [0.25, 0.3) is 0 Å². The topological polar surface area (TPSA) is 75.3 Å². The van der Waals surface area contributed by atoms with Crippen LogP contribution in [0.2, 0.25) is 0 Å². The Labute approximate surface area is 107 Å². The second-order valence-electron chi connectivity index (χ2n) is 5.05. The summed E-state index contributed by atoms with van der Waals surface area (Å²) < 4.78 is 0. The van der Waals surface area contributed by atoms with Crippen molar-refractivity contribution in [2.45, 2.75) is 37.6 Å². The molecular formula is C14H20N2O2. The first-order valence-electron chi connectivity index (χ1n) is 6.47. The Kier molecular flexibility index (Phi) is 3.87. The highest BCUT2D eigenvalue weighted by Crippen LogP contribution is 2.27. The quantitative estimate of drug-likeness (QED) is 0.763. The Bertz CT molecular complexity index is 408. The molecule has 0 aromatic heterocycles. The summed E-state index contributed by atoms with van der Waals surface area (Å²) in [7, 11) is 0. The zero-order valence-electron chi connectivity index (χ0n) is 10.5. The fraction of sp³-hybridized carbons (Fsp3) is 0.500. The van der Waals surface area contributed by atoms with E-state index in [9.17, 15) is 9.90 Å². The number of hydrogen-bond acceptors (Lipinski definition) is 3. The minimum absolute atomic E-state index is 0.109. The van der Waals surface area contributed by atoms with Crippen LogP contribution in [0, 0.1) is 0 Å². The summed E-state index contributed by atoms with van der Waals surface area (Å²) in [6.07, 6.45) is 5.36. The minimum Gasteiger partial charge on any atom is -0.508 e. The van der Waals surface area contributed by atoms with Crippen LogP contribution in [0.3, 0.4) is 0 Å². The molecule has 0 heterocycles. The van der Waals surface area contributed by atoms with Crippen molar-refractivity contribution >= 4 is 5.91 Å². The molecule has 1 fully saturated rings. The molecule has 98 valence electrons. The van der Waals surface area contributed by atoms with Gasteiger partial charge in [-0.2, -0.15) is 0 Å². The average Bonchev–Trinajstić information content (AvgIpc) is 2.40. The highest BCUT2D eigenvalue weighted by Gasteiger charge is 2.32. The third kappa shape index (κ3) is 2.82. The molecule has 0 bridgehead atoms. The number of amides is 1. The van der Waals surface area contributed by atoms with Gasteiger partial charge in [0.25, 0.3) is 5.91 Å². The molecule has 1 amide bonds. The van der Waals surface area contributed by atoms with Gasteiger partial charge in [-0.3, -0.25) is 4.79 Å². The molecular weight excluding hydrogens is 228 g/mol. The van der Waals surface area contributed by atoms with Gasteiger partial charge in [0.15, 0.2) is 0 Å². The fourth-order valence-electron chi connectivity index (χ4n) is 2.53. The molecule has 0 radical (unpaired) electrons. The van der Waals surface area contributed by atoms with Crippen molar-refractivity contribution in [3.8, 4) is 5.75 Å². The van der Waals surface area contributed by atoms with E-state index >= 15 is 0 Å². The summed E-state index contributed by atoms with van der Waals surface area (Å²) in [5, 5.41) is 12.3. The number of rotatable bonds is 3. The molecule has 18 heavy (non-hydrogen) atoms. The molecule has 1 aromatic rings. The molecule has 2 rings (SSSR count). The smallest absolute Gasteiger partial charge is 0.251 e. The summed E-state index contributed by atoms with van der Waals surface area (Å²) in [5.74, 6) is 0.0557. The maximum atomic E-state index is 12.1. The number of aromatic hydroxyl groups is 1. The van der Waals surface area contributed by atoms with Crippen molar-refractivity contribution in [1.29, 1.82) is 0 Å². The monoisotopic (exact) mass is 248 g/mol. The third-order valence-electron chi connectivity index (χ3n) is 3.71. The minimum atomic E-state index is -0.243. The summed E-state index contributed by atoms with van der Waals surface area (Å²) in [6, 6.07) is 6.28. The van der Waals surface area contributed by atoms with Crippen molar-refractivity contribution < 1.29 is 9.90 Å². The summed E-state index contributed by atoms with van der Waals surface area (Å²) >= 11 is 0. The lowest BCUT2D eigenvalue weighted by atomic mass is 9.81. The van der Waals surface area contributed by atoms with Crippen LogP contribution in [-0.4, -0.2) is 23.1 Å². The Hall–Kier alpha value is -1.55. The number of carbonyl (C=O) groups excluding carboxylic acids is 1. The number of hydrogen-bond donors (Lipinski definition) is 3. The molecule has 1 aliphatic rings. The van der Waals surface area contributed by atoms with Gasteiger partial charge in [-0.1, -0.05) is 19.3 Å². The van der Waals surface area contributed by atoms with Gasteiger partial charge in [-0.25, -0.2) is 0 Å². The summed E-state index contributed by atoms with van der Waals surface area (Å²) in [6.45, 7) is 0.483. The van der Waals surface area contributed by atoms with Crippen LogP contribution in [-0.2, 0) is 0 Å². The summed E-state index contributed by atoms with van der Waals surface area (Å²) in [5.41, 5.74) is 6.15. The first kappa shape index (κ1) is 12.9. The lowest BCUT2D eigenvalue weighted by Gasteiger charge is -2.37. The van der Waals surface area contributed by atoms with Crippen LogP contribution < -0.4 is 11.1 Å². The molecule has 0 saturated heterocycles. The van der Waals surface area contributed by atoms with E-state index in [1.807, 2.05) is 0 Å². The van der Waals surface area contributed by atoms with E-state index in [-0.39, 0.29) is 17.2 Å². The number of phenolic OH excluding ortho intramolecular Hbond substituents is 1. The van der Waals surface area contributed by atoms with E-state index in [0.717, 1.165) is 25.7 Å². The second kappa shape index (κ2) is 5.40. The number of carbonyl (C=O) groups is 1. The van der Waals surface area contributed by atoms with E-state index in [4.69, 9.17) is 5.73 Å². The fourth-order valence-corrected chi connectivity index (χ4v) is 2.53. The predicted octanol–water partition coefficient (Wildman–Crippen LogP) is 1.78. The summed E-state index contributed by atoms with van der Waals surface area (Å²) in [4.78, 5) is 12.1. The van der Waals surface area contributed by atoms with E-state index in [1.54, 1.807) is 12.1 Å². The second-order valence-corrected chi connectivity index (χ2v) is 5.05. The van der Waals surface area contributed by atoms with Crippen LogP contribution >= 0.6 is 0 Å². The normalized spacial score (nSPS) is 18.3. The number of phenols is 1. The zero-order valence-corrected chi connectivity index (χ0v) is 10.5. The first-order valence-corrected chi connectivity index (χ1v) is 6.47. The number of nitrogens with one attached hydrogen (secondary N) is 1. The molecule has 1 saturated carbocycles. The molecule has 1 aromatic carbocycles. The Morgan fingerprint density at radius 1 is 1.22 bits per heavy atom. The highest BCUT2D eigenvalue weighted by atomic mass is 16.3. The van der Waals surface area contributed by atoms with Gasteiger partial charge in [0, 0.05) is 12.1 Å². The van der Waals surface area contributed by atoms with Crippen LogP contribution in [0.4, 0.5) is 0 Å².